The number of nitrogens with one attached hydrogen (secondary N) is 1. The number of hydrogen-bond donors (Lipinski definition) is 1. The van der Waals surface area contributed by atoms with Gasteiger partial charge in [0.25, 0.3) is 10.0 Å². The number of halogens is 2. The van der Waals surface area contributed by atoms with Gasteiger partial charge in [0.15, 0.2) is 0 Å². The SMILES string of the molecule is O=C(Oc1ccc2ccccc2c1/C=N/NS(=O)(=O)c1ccc(Cl)cc1)c1ccc(Cl)cc1. The summed E-state index contributed by atoms with van der Waals surface area (Å²) in [5.41, 5.74) is 0.758. The number of sulfonamides is 1. The molecule has 6 nitrogen and oxygen atoms in total. The Labute approximate surface area is 200 Å². The second kappa shape index (κ2) is 9.62. The molecule has 0 saturated heterocycles. The fourth-order valence-corrected chi connectivity index (χ4v) is 4.11. The summed E-state index contributed by atoms with van der Waals surface area (Å²) < 4.78 is 30.6. The molecule has 0 heterocycles. The summed E-state index contributed by atoms with van der Waals surface area (Å²) in [6, 6.07) is 22.8. The Morgan fingerprint density at radius 3 is 2.18 bits per heavy atom. The summed E-state index contributed by atoms with van der Waals surface area (Å²) in [7, 11) is -3.91. The average Bonchev–Trinajstić information content (AvgIpc) is 2.81. The van der Waals surface area contributed by atoms with Crippen LogP contribution in [0.2, 0.25) is 10.0 Å². The first-order valence-corrected chi connectivity index (χ1v) is 11.9. The summed E-state index contributed by atoms with van der Waals surface area (Å²) in [6.45, 7) is 0. The molecule has 0 fully saturated rings. The van der Waals surface area contributed by atoms with E-state index in [1.807, 2.05) is 24.3 Å². The van der Waals surface area contributed by atoms with Crippen molar-refractivity contribution in [3.8, 4) is 5.75 Å². The molecule has 4 aromatic rings. The lowest BCUT2D eigenvalue weighted by Gasteiger charge is -2.11. The smallest absolute Gasteiger partial charge is 0.343 e. The minimum Gasteiger partial charge on any atom is -0.422 e. The number of ether oxygens (including phenoxy) is 1. The van der Waals surface area contributed by atoms with Crippen molar-refractivity contribution < 1.29 is 17.9 Å². The first-order chi connectivity index (χ1) is 15.8. The molecule has 1 N–H and O–H groups in total. The fraction of sp³-hybridized carbons (Fsp3) is 0. The van der Waals surface area contributed by atoms with E-state index >= 15 is 0 Å². The van der Waals surface area contributed by atoms with Crippen molar-refractivity contribution in [2.75, 3.05) is 0 Å². The van der Waals surface area contributed by atoms with E-state index in [-0.39, 0.29) is 10.6 Å². The largest absolute Gasteiger partial charge is 0.422 e. The minimum atomic E-state index is -3.91. The van der Waals surface area contributed by atoms with Gasteiger partial charge in [-0.05, 0) is 65.4 Å². The van der Waals surface area contributed by atoms with E-state index in [9.17, 15) is 13.2 Å². The van der Waals surface area contributed by atoms with E-state index in [1.54, 1.807) is 36.4 Å². The van der Waals surface area contributed by atoms with Crippen LogP contribution < -0.4 is 9.57 Å². The Morgan fingerprint density at radius 1 is 0.848 bits per heavy atom. The molecule has 0 atom stereocenters. The third-order valence-electron chi connectivity index (χ3n) is 4.70. The van der Waals surface area contributed by atoms with Crippen molar-refractivity contribution >= 4 is 56.2 Å². The fourth-order valence-electron chi connectivity index (χ4n) is 3.07. The zero-order valence-electron chi connectivity index (χ0n) is 16.9. The summed E-state index contributed by atoms with van der Waals surface area (Å²) in [5, 5.41) is 6.42. The van der Waals surface area contributed by atoms with Gasteiger partial charge in [0.1, 0.15) is 5.75 Å². The Hall–Kier alpha value is -3.39. The van der Waals surface area contributed by atoms with Gasteiger partial charge in [0.05, 0.1) is 16.7 Å². The van der Waals surface area contributed by atoms with Gasteiger partial charge in [-0.2, -0.15) is 13.5 Å². The quantitative estimate of drug-likeness (QED) is 0.160. The number of benzene rings is 4. The molecule has 0 amide bonds. The van der Waals surface area contributed by atoms with Gasteiger partial charge >= 0.3 is 5.97 Å². The Balaban J connectivity index is 1.65. The summed E-state index contributed by atoms with van der Waals surface area (Å²) in [6.07, 6.45) is 1.31. The number of esters is 1. The third-order valence-corrected chi connectivity index (χ3v) is 6.45. The van der Waals surface area contributed by atoms with Gasteiger partial charge in [-0.1, -0.05) is 53.5 Å². The summed E-state index contributed by atoms with van der Waals surface area (Å²) in [5.74, 6) is -0.360. The molecule has 33 heavy (non-hydrogen) atoms. The predicted octanol–water partition coefficient (Wildman–Crippen LogP) is 5.68. The first-order valence-electron chi connectivity index (χ1n) is 9.63. The van der Waals surface area contributed by atoms with Crippen LogP contribution in [0.15, 0.2) is 94.9 Å². The number of rotatable bonds is 6. The van der Waals surface area contributed by atoms with Crippen LogP contribution in [0.25, 0.3) is 10.8 Å². The molecule has 166 valence electrons. The minimum absolute atomic E-state index is 0.0105. The van der Waals surface area contributed by atoms with E-state index in [2.05, 4.69) is 9.93 Å². The summed E-state index contributed by atoms with van der Waals surface area (Å²) in [4.78, 5) is 14.8. The van der Waals surface area contributed by atoms with Gasteiger partial charge in [0.2, 0.25) is 0 Å². The Kier molecular flexibility index (Phi) is 6.65. The van der Waals surface area contributed by atoms with Crippen LogP contribution >= 0.6 is 23.2 Å². The van der Waals surface area contributed by atoms with E-state index in [1.165, 1.54) is 30.5 Å². The molecule has 0 aliphatic rings. The van der Waals surface area contributed by atoms with E-state index in [0.717, 1.165) is 10.8 Å². The highest BCUT2D eigenvalue weighted by Crippen LogP contribution is 2.27. The van der Waals surface area contributed by atoms with Crippen molar-refractivity contribution in [1.29, 1.82) is 0 Å². The second-order valence-corrected chi connectivity index (χ2v) is 9.44. The maximum atomic E-state index is 12.6. The third kappa shape index (κ3) is 5.34. The van der Waals surface area contributed by atoms with Crippen molar-refractivity contribution in [2.45, 2.75) is 4.90 Å². The Morgan fingerprint density at radius 2 is 1.48 bits per heavy atom. The zero-order chi connectivity index (χ0) is 23.4. The molecular formula is C24H16Cl2N2O4S. The molecule has 0 spiro atoms. The van der Waals surface area contributed by atoms with Gasteiger partial charge in [-0.15, -0.1) is 0 Å². The van der Waals surface area contributed by atoms with Crippen LogP contribution in [-0.4, -0.2) is 20.6 Å². The number of carbonyl (C=O) groups is 1. The van der Waals surface area contributed by atoms with Gasteiger partial charge < -0.3 is 4.74 Å². The number of fused-ring (bicyclic) bond motifs is 1. The van der Waals surface area contributed by atoms with Crippen molar-refractivity contribution in [3.63, 3.8) is 0 Å². The predicted molar refractivity (Wildman–Crippen MR) is 130 cm³/mol. The molecule has 9 heteroatoms. The highest BCUT2D eigenvalue weighted by Gasteiger charge is 2.15. The number of nitrogens with zero attached hydrogens (tertiary/aromatic N) is 1. The van der Waals surface area contributed by atoms with E-state index < -0.39 is 16.0 Å². The zero-order valence-corrected chi connectivity index (χ0v) is 19.2. The monoisotopic (exact) mass is 498 g/mol. The van der Waals surface area contributed by atoms with E-state index in [0.29, 0.717) is 21.2 Å². The second-order valence-electron chi connectivity index (χ2n) is 6.90. The standard InChI is InChI=1S/C24H16Cl2N2O4S/c25-18-8-5-17(6-9-18)24(29)32-23-14-7-16-3-1-2-4-21(16)22(23)15-27-28-33(30,31)20-12-10-19(26)11-13-20/h1-15,28H/b27-15+. The molecule has 4 rings (SSSR count). The van der Waals surface area contributed by atoms with Crippen molar-refractivity contribution in [2.24, 2.45) is 5.10 Å². The van der Waals surface area contributed by atoms with Crippen LogP contribution in [-0.2, 0) is 10.0 Å². The van der Waals surface area contributed by atoms with Crippen LogP contribution in [0.1, 0.15) is 15.9 Å². The maximum Gasteiger partial charge on any atom is 0.343 e. The maximum absolute atomic E-state index is 12.6. The topological polar surface area (TPSA) is 84.8 Å². The number of hydrogen-bond acceptors (Lipinski definition) is 5. The number of carbonyl (C=O) groups excluding carboxylic acids is 1. The normalized spacial score (nSPS) is 11.6. The highest BCUT2D eigenvalue weighted by molar-refractivity contribution is 7.89. The lowest BCUT2D eigenvalue weighted by molar-refractivity contribution is 0.0734. The van der Waals surface area contributed by atoms with Gasteiger partial charge in [0, 0.05) is 15.6 Å². The van der Waals surface area contributed by atoms with Crippen molar-refractivity contribution in [3.05, 3.63) is 106 Å². The Bertz CT molecular complexity index is 1450. The molecular weight excluding hydrogens is 483 g/mol. The molecule has 0 aromatic heterocycles. The van der Waals surface area contributed by atoms with Crippen LogP contribution in [0, 0.1) is 0 Å². The molecule has 0 radical (unpaired) electrons. The molecule has 0 aliphatic carbocycles. The molecule has 0 aliphatic heterocycles. The average molecular weight is 499 g/mol. The van der Waals surface area contributed by atoms with Crippen LogP contribution in [0.3, 0.4) is 0 Å². The first kappa shape index (κ1) is 22.8. The van der Waals surface area contributed by atoms with Crippen molar-refractivity contribution in [1.82, 2.24) is 4.83 Å². The van der Waals surface area contributed by atoms with Crippen LogP contribution in [0.5, 0.6) is 5.75 Å². The van der Waals surface area contributed by atoms with Gasteiger partial charge in [-0.25, -0.2) is 9.63 Å². The highest BCUT2D eigenvalue weighted by atomic mass is 35.5. The lowest BCUT2D eigenvalue weighted by Crippen LogP contribution is -2.18. The molecule has 4 aromatic carbocycles. The molecule has 0 saturated carbocycles. The molecule has 0 bridgehead atoms. The van der Waals surface area contributed by atoms with E-state index in [4.69, 9.17) is 27.9 Å². The molecule has 0 unspecified atom stereocenters. The van der Waals surface area contributed by atoms with Gasteiger partial charge in [-0.3, -0.25) is 0 Å². The number of hydrazone groups is 1. The summed E-state index contributed by atoms with van der Waals surface area (Å²) >= 11 is 11.7. The van der Waals surface area contributed by atoms with Crippen LogP contribution in [0.4, 0.5) is 0 Å². The lowest BCUT2D eigenvalue weighted by atomic mass is 10.0.